The topological polar surface area (TPSA) is 62.8 Å². The zero-order valence-corrected chi connectivity index (χ0v) is 21.9. The maximum absolute atomic E-state index is 15.2. The predicted molar refractivity (Wildman–Crippen MR) is 138 cm³/mol. The summed E-state index contributed by atoms with van der Waals surface area (Å²) in [7, 11) is 3.80. The fourth-order valence-electron chi connectivity index (χ4n) is 4.09. The number of ether oxygens (including phenoxy) is 2. The number of benzene rings is 2. The maximum atomic E-state index is 15.2. The van der Waals surface area contributed by atoms with Gasteiger partial charge in [-0.25, -0.2) is 23.1 Å². The third kappa shape index (κ3) is 6.07. The van der Waals surface area contributed by atoms with E-state index in [4.69, 9.17) is 9.47 Å². The fourth-order valence-corrected chi connectivity index (χ4v) is 4.09. The molecule has 0 amide bonds. The van der Waals surface area contributed by atoms with Crippen molar-refractivity contribution in [2.75, 3.05) is 44.0 Å². The van der Waals surface area contributed by atoms with Gasteiger partial charge in [-0.2, -0.15) is 0 Å². The molecule has 0 aliphatic carbocycles. The minimum atomic E-state index is -0.714. The Labute approximate surface area is 215 Å². The number of anilines is 3. The van der Waals surface area contributed by atoms with E-state index in [2.05, 4.69) is 15.3 Å². The van der Waals surface area contributed by atoms with Crippen molar-refractivity contribution >= 4 is 17.3 Å². The Bertz CT molecular complexity index is 1280. The molecule has 0 atom stereocenters. The molecule has 1 aliphatic rings. The predicted octanol–water partition coefficient (Wildman–Crippen LogP) is 5.63. The molecule has 0 unspecified atom stereocenters. The lowest BCUT2D eigenvalue weighted by atomic mass is 10.0. The van der Waals surface area contributed by atoms with Crippen LogP contribution in [-0.4, -0.2) is 60.3 Å². The van der Waals surface area contributed by atoms with Crippen molar-refractivity contribution in [1.29, 1.82) is 0 Å². The van der Waals surface area contributed by atoms with Crippen LogP contribution in [0.25, 0.3) is 11.3 Å². The summed E-state index contributed by atoms with van der Waals surface area (Å²) in [5.41, 5.74) is 0.455. The first-order valence-electron chi connectivity index (χ1n) is 12.1. The van der Waals surface area contributed by atoms with Gasteiger partial charge in [0.15, 0.2) is 29.0 Å². The third-order valence-corrected chi connectivity index (χ3v) is 5.89. The smallest absolute Gasteiger partial charge is 0.227 e. The van der Waals surface area contributed by atoms with E-state index in [1.807, 2.05) is 51.6 Å². The van der Waals surface area contributed by atoms with Crippen molar-refractivity contribution in [2.24, 2.45) is 0 Å². The Morgan fingerprint density at radius 2 is 1.86 bits per heavy atom. The summed E-state index contributed by atoms with van der Waals surface area (Å²) in [6, 6.07) is 7.29. The summed E-state index contributed by atoms with van der Waals surface area (Å²) in [4.78, 5) is 12.2. The molecule has 4 rings (SSSR count). The Hall–Kier alpha value is -3.53. The molecule has 198 valence electrons. The lowest BCUT2D eigenvalue weighted by molar-refractivity contribution is 0.0967. The van der Waals surface area contributed by atoms with E-state index in [1.165, 1.54) is 18.2 Å². The van der Waals surface area contributed by atoms with Crippen LogP contribution in [0.5, 0.6) is 11.5 Å². The number of nitrogens with zero attached hydrogens (tertiary/aromatic N) is 4. The average Bonchev–Trinajstić information content (AvgIpc) is 2.81. The van der Waals surface area contributed by atoms with E-state index < -0.39 is 23.1 Å². The van der Waals surface area contributed by atoms with E-state index in [1.54, 1.807) is 12.1 Å². The quantitative estimate of drug-likeness (QED) is 0.417. The highest BCUT2D eigenvalue weighted by atomic mass is 19.1. The molecule has 2 heterocycles. The van der Waals surface area contributed by atoms with Crippen LogP contribution in [0.4, 0.5) is 30.5 Å². The number of fused-ring (bicyclic) bond motifs is 1. The van der Waals surface area contributed by atoms with E-state index in [-0.39, 0.29) is 34.7 Å². The number of hydrogen-bond acceptors (Lipinski definition) is 7. The summed E-state index contributed by atoms with van der Waals surface area (Å²) in [5.74, 6) is -1.59. The van der Waals surface area contributed by atoms with Gasteiger partial charge in [0.2, 0.25) is 5.95 Å². The molecule has 0 bridgehead atoms. The number of rotatable bonds is 8. The van der Waals surface area contributed by atoms with E-state index in [9.17, 15) is 8.78 Å². The molecular formula is C27H32F3N5O2. The van der Waals surface area contributed by atoms with Crippen molar-refractivity contribution in [1.82, 2.24) is 14.9 Å². The molecule has 3 aromatic rings. The van der Waals surface area contributed by atoms with Crippen molar-refractivity contribution in [3.05, 3.63) is 54.0 Å². The zero-order valence-electron chi connectivity index (χ0n) is 21.9. The van der Waals surface area contributed by atoms with Crippen molar-refractivity contribution in [3.63, 3.8) is 0 Å². The van der Waals surface area contributed by atoms with Gasteiger partial charge in [-0.3, -0.25) is 0 Å². The first kappa shape index (κ1) is 26.5. The number of likely N-dealkylation sites (N-methyl/N-ethyl adjacent to an activating group) is 1. The van der Waals surface area contributed by atoms with Gasteiger partial charge in [0.05, 0.1) is 18.4 Å². The van der Waals surface area contributed by atoms with Gasteiger partial charge in [0, 0.05) is 29.9 Å². The van der Waals surface area contributed by atoms with Gasteiger partial charge >= 0.3 is 0 Å². The molecule has 1 aliphatic heterocycles. The minimum Gasteiger partial charge on any atom is -0.489 e. The summed E-state index contributed by atoms with van der Waals surface area (Å²) < 4.78 is 55.9. The highest BCUT2D eigenvalue weighted by Crippen LogP contribution is 2.43. The summed E-state index contributed by atoms with van der Waals surface area (Å²) >= 11 is 0. The van der Waals surface area contributed by atoms with E-state index >= 15 is 4.39 Å². The lowest BCUT2D eigenvalue weighted by Gasteiger charge is -2.43. The van der Waals surface area contributed by atoms with Crippen molar-refractivity contribution < 1.29 is 22.6 Å². The molecular weight excluding hydrogens is 483 g/mol. The second kappa shape index (κ2) is 10.5. The minimum absolute atomic E-state index is 0.0355. The van der Waals surface area contributed by atoms with Crippen LogP contribution in [0.3, 0.4) is 0 Å². The SMILES string of the molecule is CC(C)N1CC(C)(C)Oc2c(F)cc(-c3nc(Nc4ccc(OCCN(C)C)c(F)c4)ncc3F)cc21. The summed E-state index contributed by atoms with van der Waals surface area (Å²) in [6.45, 7) is 9.32. The monoisotopic (exact) mass is 515 g/mol. The normalized spacial score (nSPS) is 14.5. The molecule has 7 nitrogen and oxygen atoms in total. The Kier molecular flexibility index (Phi) is 7.49. The average molecular weight is 516 g/mol. The van der Waals surface area contributed by atoms with Gasteiger partial charge in [-0.1, -0.05) is 0 Å². The molecule has 2 aromatic carbocycles. The van der Waals surface area contributed by atoms with Gasteiger partial charge in [-0.15, -0.1) is 0 Å². The van der Waals surface area contributed by atoms with E-state index in [0.717, 1.165) is 6.20 Å². The van der Waals surface area contributed by atoms with Crippen LogP contribution >= 0.6 is 0 Å². The third-order valence-electron chi connectivity index (χ3n) is 5.89. The first-order chi connectivity index (χ1) is 17.4. The zero-order chi connectivity index (χ0) is 26.9. The first-order valence-corrected chi connectivity index (χ1v) is 12.1. The van der Waals surface area contributed by atoms with Crippen LogP contribution in [0, 0.1) is 17.5 Å². The Morgan fingerprint density at radius 1 is 1.11 bits per heavy atom. The molecule has 0 spiro atoms. The lowest BCUT2D eigenvalue weighted by Crippen LogP contribution is -2.49. The number of halogens is 3. The fraction of sp³-hybridized carbons (Fsp3) is 0.407. The Balaban J connectivity index is 1.62. The van der Waals surface area contributed by atoms with Gasteiger partial charge < -0.3 is 24.6 Å². The van der Waals surface area contributed by atoms with Gasteiger partial charge in [0.25, 0.3) is 0 Å². The van der Waals surface area contributed by atoms with Gasteiger partial charge in [0.1, 0.15) is 17.9 Å². The highest BCUT2D eigenvalue weighted by Gasteiger charge is 2.35. The number of aromatic nitrogens is 2. The molecule has 0 fully saturated rings. The second-order valence-corrected chi connectivity index (χ2v) is 10.2. The molecule has 1 N–H and O–H groups in total. The molecule has 1 aromatic heterocycles. The summed E-state index contributed by atoms with van der Waals surface area (Å²) in [6.07, 6.45) is 0.997. The molecule has 0 radical (unpaired) electrons. The van der Waals surface area contributed by atoms with Crippen LogP contribution in [-0.2, 0) is 0 Å². The largest absolute Gasteiger partial charge is 0.489 e. The van der Waals surface area contributed by atoms with Gasteiger partial charge in [-0.05, 0) is 66.1 Å². The van der Waals surface area contributed by atoms with E-state index in [0.29, 0.717) is 31.1 Å². The number of hydrogen-bond donors (Lipinski definition) is 1. The van der Waals surface area contributed by atoms with Crippen LogP contribution < -0.4 is 19.7 Å². The highest BCUT2D eigenvalue weighted by molar-refractivity contribution is 5.73. The summed E-state index contributed by atoms with van der Waals surface area (Å²) in [5, 5.41) is 2.88. The van der Waals surface area contributed by atoms with Crippen LogP contribution in [0.2, 0.25) is 0 Å². The molecule has 10 heteroatoms. The van der Waals surface area contributed by atoms with Crippen LogP contribution in [0.15, 0.2) is 36.5 Å². The standard InChI is InChI=1S/C27H32F3N5O2/c1-16(2)35-15-27(3,4)37-25-20(29)11-17(12-22(25)35)24-21(30)14-31-26(33-24)32-18-7-8-23(19(28)13-18)36-10-9-34(5)6/h7-8,11-14,16H,9-10,15H2,1-6H3,(H,31,32,33). The van der Waals surface area contributed by atoms with Crippen LogP contribution in [0.1, 0.15) is 27.7 Å². The number of nitrogens with one attached hydrogen (secondary N) is 1. The molecule has 37 heavy (non-hydrogen) atoms. The molecule has 0 saturated heterocycles. The maximum Gasteiger partial charge on any atom is 0.227 e. The van der Waals surface area contributed by atoms with Crippen molar-refractivity contribution in [3.8, 4) is 22.8 Å². The van der Waals surface area contributed by atoms with Crippen molar-refractivity contribution in [2.45, 2.75) is 39.3 Å². The Morgan fingerprint density at radius 3 is 2.54 bits per heavy atom. The second-order valence-electron chi connectivity index (χ2n) is 10.2. The molecule has 0 saturated carbocycles.